The van der Waals surface area contributed by atoms with Crippen LogP contribution in [0.15, 0.2) is 0 Å². The van der Waals surface area contributed by atoms with Crippen molar-refractivity contribution in [3.63, 3.8) is 0 Å². The number of hydrogen-bond donors (Lipinski definition) is 1. The Morgan fingerprint density at radius 3 is 2.29 bits per heavy atom. The standard InChI is InChI=1S/C12H24N2O3/c1-9(2)7-13-10(15)8-14(5)11(16)12(3,4)17-6/h9H,7-8H2,1-6H3,(H,13,15). The Morgan fingerprint density at radius 2 is 1.88 bits per heavy atom. The Morgan fingerprint density at radius 1 is 1.35 bits per heavy atom. The monoisotopic (exact) mass is 244 g/mol. The van der Waals surface area contributed by atoms with Crippen LogP contribution in [0.4, 0.5) is 0 Å². The average Bonchev–Trinajstić information content (AvgIpc) is 2.25. The van der Waals surface area contributed by atoms with E-state index in [0.29, 0.717) is 12.5 Å². The molecule has 0 aromatic carbocycles. The molecule has 0 aromatic heterocycles. The molecule has 0 aliphatic rings. The molecule has 0 atom stereocenters. The third-order valence-electron chi connectivity index (χ3n) is 2.46. The van der Waals surface area contributed by atoms with Gasteiger partial charge in [-0.1, -0.05) is 13.8 Å². The molecule has 0 radical (unpaired) electrons. The minimum atomic E-state index is -0.896. The highest BCUT2D eigenvalue weighted by atomic mass is 16.5. The first-order chi connectivity index (χ1) is 7.70. The Hall–Kier alpha value is -1.10. The topological polar surface area (TPSA) is 58.6 Å². The molecular formula is C12H24N2O3. The van der Waals surface area contributed by atoms with Crippen molar-refractivity contribution >= 4 is 11.8 Å². The number of likely N-dealkylation sites (N-methyl/N-ethyl adjacent to an activating group) is 1. The summed E-state index contributed by atoms with van der Waals surface area (Å²) < 4.78 is 5.08. The summed E-state index contributed by atoms with van der Waals surface area (Å²) in [5.41, 5.74) is -0.896. The molecule has 0 rings (SSSR count). The van der Waals surface area contributed by atoms with E-state index in [1.54, 1.807) is 20.9 Å². The Bertz CT molecular complexity index is 275. The van der Waals surface area contributed by atoms with Gasteiger partial charge in [0.1, 0.15) is 5.60 Å². The van der Waals surface area contributed by atoms with Gasteiger partial charge in [0.25, 0.3) is 5.91 Å². The molecule has 0 saturated heterocycles. The van der Waals surface area contributed by atoms with Crippen LogP contribution < -0.4 is 5.32 Å². The van der Waals surface area contributed by atoms with Crippen molar-refractivity contribution < 1.29 is 14.3 Å². The lowest BCUT2D eigenvalue weighted by molar-refractivity contribution is -0.151. The Kier molecular flexibility index (Phi) is 6.16. The van der Waals surface area contributed by atoms with Gasteiger partial charge in [0.15, 0.2) is 0 Å². The smallest absolute Gasteiger partial charge is 0.254 e. The molecule has 0 spiro atoms. The minimum absolute atomic E-state index is 0.0539. The molecule has 0 fully saturated rings. The van der Waals surface area contributed by atoms with E-state index >= 15 is 0 Å². The third-order valence-corrected chi connectivity index (χ3v) is 2.46. The first kappa shape index (κ1) is 15.9. The van der Waals surface area contributed by atoms with Crippen LogP contribution in [-0.2, 0) is 14.3 Å². The molecule has 100 valence electrons. The number of ether oxygens (including phenoxy) is 1. The zero-order valence-corrected chi connectivity index (χ0v) is 11.7. The van der Waals surface area contributed by atoms with Crippen LogP contribution in [0.3, 0.4) is 0 Å². The summed E-state index contributed by atoms with van der Waals surface area (Å²) in [6.07, 6.45) is 0. The van der Waals surface area contributed by atoms with Gasteiger partial charge < -0.3 is 15.0 Å². The third kappa shape index (κ3) is 5.68. The summed E-state index contributed by atoms with van der Waals surface area (Å²) >= 11 is 0. The van der Waals surface area contributed by atoms with Gasteiger partial charge in [-0.2, -0.15) is 0 Å². The summed E-state index contributed by atoms with van der Waals surface area (Å²) in [5.74, 6) is 0.0384. The van der Waals surface area contributed by atoms with Crippen LogP contribution in [0.2, 0.25) is 0 Å². The molecular weight excluding hydrogens is 220 g/mol. The summed E-state index contributed by atoms with van der Waals surface area (Å²) in [6, 6.07) is 0. The Balaban J connectivity index is 4.21. The number of amides is 2. The predicted molar refractivity (Wildman–Crippen MR) is 66.6 cm³/mol. The summed E-state index contributed by atoms with van der Waals surface area (Å²) in [5, 5.41) is 2.76. The van der Waals surface area contributed by atoms with Crippen molar-refractivity contribution in [2.75, 3.05) is 27.2 Å². The maximum atomic E-state index is 11.9. The molecule has 0 saturated carbocycles. The quantitative estimate of drug-likeness (QED) is 0.746. The van der Waals surface area contributed by atoms with Crippen LogP contribution in [0.25, 0.3) is 0 Å². The predicted octanol–water partition coefficient (Wildman–Crippen LogP) is 0.642. The second kappa shape index (κ2) is 6.59. The van der Waals surface area contributed by atoms with Crippen molar-refractivity contribution in [3.8, 4) is 0 Å². The van der Waals surface area contributed by atoms with Crippen LogP contribution in [-0.4, -0.2) is 49.6 Å². The van der Waals surface area contributed by atoms with E-state index in [4.69, 9.17) is 4.74 Å². The highest BCUT2D eigenvalue weighted by molar-refractivity contribution is 5.88. The fraction of sp³-hybridized carbons (Fsp3) is 0.833. The van der Waals surface area contributed by atoms with Gasteiger partial charge in [-0.3, -0.25) is 9.59 Å². The summed E-state index contributed by atoms with van der Waals surface area (Å²) in [4.78, 5) is 24.8. The second-order valence-electron chi connectivity index (χ2n) is 5.07. The van der Waals surface area contributed by atoms with Crippen molar-refractivity contribution in [2.24, 2.45) is 5.92 Å². The molecule has 1 N–H and O–H groups in total. The summed E-state index contributed by atoms with van der Waals surface area (Å²) in [7, 11) is 3.07. The van der Waals surface area contributed by atoms with Crippen LogP contribution >= 0.6 is 0 Å². The highest BCUT2D eigenvalue weighted by Crippen LogP contribution is 2.10. The van der Waals surface area contributed by atoms with Crippen molar-refractivity contribution in [1.82, 2.24) is 10.2 Å². The maximum absolute atomic E-state index is 11.9. The molecule has 17 heavy (non-hydrogen) atoms. The zero-order chi connectivity index (χ0) is 13.6. The molecule has 0 aliphatic carbocycles. The van der Waals surface area contributed by atoms with Crippen LogP contribution in [0.1, 0.15) is 27.7 Å². The number of hydrogen-bond acceptors (Lipinski definition) is 3. The average molecular weight is 244 g/mol. The van der Waals surface area contributed by atoms with Gasteiger partial charge in [0, 0.05) is 20.7 Å². The van der Waals surface area contributed by atoms with E-state index in [-0.39, 0.29) is 18.4 Å². The zero-order valence-electron chi connectivity index (χ0n) is 11.7. The minimum Gasteiger partial charge on any atom is -0.369 e. The van der Waals surface area contributed by atoms with Gasteiger partial charge in [-0.05, 0) is 19.8 Å². The van der Waals surface area contributed by atoms with E-state index in [1.807, 2.05) is 13.8 Å². The fourth-order valence-corrected chi connectivity index (χ4v) is 1.21. The lowest BCUT2D eigenvalue weighted by Gasteiger charge is -2.27. The summed E-state index contributed by atoms with van der Waals surface area (Å²) in [6.45, 7) is 8.06. The van der Waals surface area contributed by atoms with E-state index < -0.39 is 5.60 Å². The van der Waals surface area contributed by atoms with Gasteiger partial charge in [-0.25, -0.2) is 0 Å². The number of nitrogens with one attached hydrogen (secondary N) is 1. The normalized spacial score (nSPS) is 11.5. The fourth-order valence-electron chi connectivity index (χ4n) is 1.21. The van der Waals surface area contributed by atoms with Gasteiger partial charge in [0.05, 0.1) is 6.54 Å². The first-order valence-electron chi connectivity index (χ1n) is 5.78. The largest absolute Gasteiger partial charge is 0.369 e. The van der Waals surface area contributed by atoms with Gasteiger partial charge in [0.2, 0.25) is 5.91 Å². The lowest BCUT2D eigenvalue weighted by Crippen LogP contribution is -2.48. The molecule has 2 amide bonds. The van der Waals surface area contributed by atoms with E-state index in [1.165, 1.54) is 12.0 Å². The molecule has 0 unspecified atom stereocenters. The molecule has 0 aliphatic heterocycles. The molecule has 0 aromatic rings. The molecule has 5 nitrogen and oxygen atoms in total. The highest BCUT2D eigenvalue weighted by Gasteiger charge is 2.30. The second-order valence-corrected chi connectivity index (χ2v) is 5.07. The number of carbonyl (C=O) groups is 2. The Labute approximate surface area is 103 Å². The molecule has 0 heterocycles. The van der Waals surface area contributed by atoms with Crippen LogP contribution in [0, 0.1) is 5.92 Å². The van der Waals surface area contributed by atoms with Gasteiger partial charge >= 0.3 is 0 Å². The maximum Gasteiger partial charge on any atom is 0.254 e. The van der Waals surface area contributed by atoms with E-state index in [2.05, 4.69) is 5.32 Å². The number of rotatable bonds is 6. The van der Waals surface area contributed by atoms with Crippen molar-refractivity contribution in [1.29, 1.82) is 0 Å². The number of nitrogens with zero attached hydrogens (tertiary/aromatic N) is 1. The van der Waals surface area contributed by atoms with Gasteiger partial charge in [-0.15, -0.1) is 0 Å². The number of methoxy groups -OCH3 is 1. The molecule has 5 heteroatoms. The van der Waals surface area contributed by atoms with Crippen molar-refractivity contribution in [3.05, 3.63) is 0 Å². The SMILES string of the molecule is COC(C)(C)C(=O)N(C)CC(=O)NCC(C)C. The van der Waals surface area contributed by atoms with Crippen LogP contribution in [0.5, 0.6) is 0 Å². The lowest BCUT2D eigenvalue weighted by atomic mass is 10.1. The first-order valence-corrected chi connectivity index (χ1v) is 5.78. The number of carbonyl (C=O) groups excluding carboxylic acids is 2. The van der Waals surface area contributed by atoms with Crippen molar-refractivity contribution in [2.45, 2.75) is 33.3 Å². The van der Waals surface area contributed by atoms with E-state index in [0.717, 1.165) is 0 Å². The van der Waals surface area contributed by atoms with E-state index in [9.17, 15) is 9.59 Å². The molecule has 0 bridgehead atoms.